The molecular weight excluding hydrogens is 554 g/mol. The molecule has 212 valence electrons. The normalized spacial score (nSPS) is 14.4. The molecular formula is C32H27N3O6S. The van der Waals surface area contributed by atoms with Crippen molar-refractivity contribution in [1.82, 2.24) is 4.57 Å². The van der Waals surface area contributed by atoms with Crippen molar-refractivity contribution in [1.29, 1.82) is 5.26 Å². The van der Waals surface area contributed by atoms with Crippen molar-refractivity contribution in [2.45, 2.75) is 13.0 Å². The number of para-hydroxylation sites is 1. The summed E-state index contributed by atoms with van der Waals surface area (Å²) in [6.45, 7) is 1.73. The summed E-state index contributed by atoms with van der Waals surface area (Å²) in [5.74, 6) is 0.866. The quantitative estimate of drug-likeness (QED) is 0.276. The number of nitriles is 1. The summed E-state index contributed by atoms with van der Waals surface area (Å²) in [6, 6.07) is 22.7. The molecule has 0 saturated heterocycles. The molecule has 5 rings (SSSR count). The van der Waals surface area contributed by atoms with Crippen LogP contribution in [0.15, 0.2) is 88.2 Å². The lowest BCUT2D eigenvalue weighted by atomic mass is 9.92. The first-order valence-corrected chi connectivity index (χ1v) is 13.9. The third-order valence-corrected chi connectivity index (χ3v) is 7.59. The molecule has 0 aliphatic carbocycles. The highest BCUT2D eigenvalue weighted by atomic mass is 32.1. The first kappa shape index (κ1) is 28.4. The number of fused-ring (bicyclic) bond motifs is 1. The monoisotopic (exact) mass is 581 g/mol. The first-order valence-electron chi connectivity index (χ1n) is 13.1. The number of hydrogen-bond acceptors (Lipinski definition) is 9. The van der Waals surface area contributed by atoms with Crippen LogP contribution < -0.4 is 29.1 Å². The number of methoxy groups -OCH3 is 2. The molecule has 3 aromatic carbocycles. The van der Waals surface area contributed by atoms with E-state index in [0.717, 1.165) is 0 Å². The molecule has 0 bridgehead atoms. The lowest BCUT2D eigenvalue weighted by Crippen LogP contribution is -2.40. The summed E-state index contributed by atoms with van der Waals surface area (Å²) in [4.78, 5) is 33.1. The average molecular weight is 582 g/mol. The zero-order valence-corrected chi connectivity index (χ0v) is 24.0. The fourth-order valence-corrected chi connectivity index (χ4v) is 5.75. The van der Waals surface area contributed by atoms with Gasteiger partial charge in [0.1, 0.15) is 29.4 Å². The van der Waals surface area contributed by atoms with E-state index in [1.165, 1.54) is 23.0 Å². The molecule has 1 aliphatic heterocycles. The van der Waals surface area contributed by atoms with Gasteiger partial charge in [0.05, 0.1) is 36.6 Å². The van der Waals surface area contributed by atoms with E-state index in [0.29, 0.717) is 49.0 Å². The van der Waals surface area contributed by atoms with E-state index >= 15 is 0 Å². The summed E-state index contributed by atoms with van der Waals surface area (Å²) in [6.07, 6.45) is 1.70. The molecule has 4 aromatic rings. The second kappa shape index (κ2) is 12.6. The maximum absolute atomic E-state index is 14.2. The molecule has 42 heavy (non-hydrogen) atoms. The van der Waals surface area contributed by atoms with Crippen LogP contribution in [0.25, 0.3) is 11.8 Å². The minimum Gasteiger partial charge on any atom is -0.497 e. The SMILES string of the molecule is CCOC(=O)C1=C(c2ccccc2)N=c2s/c(=C\c3ccccc3OCC#N)c(=O)n2[C@H]1c1ccc(OC)cc1OC. The largest absolute Gasteiger partial charge is 0.497 e. The van der Waals surface area contributed by atoms with Crippen LogP contribution in [0.3, 0.4) is 0 Å². The standard InChI is InChI=1S/C32H27N3O6S/c1-4-40-31(37)27-28(20-10-6-5-7-11-20)34-32-35(29(27)23-15-14-22(38-2)19-25(23)39-3)30(36)26(42-32)18-21-12-8-9-13-24(21)41-17-16-33/h5-15,18-19,29H,4,17H2,1-3H3/b26-18-/t29-/m0/s1. The predicted molar refractivity (Wildman–Crippen MR) is 158 cm³/mol. The number of hydrogen-bond donors (Lipinski definition) is 0. The van der Waals surface area contributed by atoms with Crippen LogP contribution in [0, 0.1) is 11.3 Å². The van der Waals surface area contributed by atoms with Gasteiger partial charge >= 0.3 is 5.97 Å². The number of aromatic nitrogens is 1. The van der Waals surface area contributed by atoms with Crippen molar-refractivity contribution in [3.8, 4) is 23.3 Å². The van der Waals surface area contributed by atoms with E-state index in [2.05, 4.69) is 0 Å². The fraction of sp³-hybridized carbons (Fsp3) is 0.188. The maximum atomic E-state index is 14.2. The van der Waals surface area contributed by atoms with Crippen molar-refractivity contribution in [2.24, 2.45) is 4.99 Å². The van der Waals surface area contributed by atoms with Crippen LogP contribution >= 0.6 is 11.3 Å². The van der Waals surface area contributed by atoms with Crippen LogP contribution in [-0.4, -0.2) is 38.0 Å². The Kier molecular flexibility index (Phi) is 8.50. The van der Waals surface area contributed by atoms with E-state index in [-0.39, 0.29) is 24.3 Å². The lowest BCUT2D eigenvalue weighted by molar-refractivity contribution is -0.138. The number of rotatable bonds is 9. The van der Waals surface area contributed by atoms with Gasteiger partial charge in [0.2, 0.25) is 0 Å². The van der Waals surface area contributed by atoms with E-state index < -0.39 is 12.0 Å². The summed E-state index contributed by atoms with van der Waals surface area (Å²) < 4.78 is 24.1. The second-order valence-corrected chi connectivity index (χ2v) is 10.0. The number of ether oxygens (including phenoxy) is 4. The molecule has 1 atom stereocenters. The van der Waals surface area contributed by atoms with Crippen molar-refractivity contribution in [2.75, 3.05) is 27.4 Å². The molecule has 0 radical (unpaired) electrons. The van der Waals surface area contributed by atoms with Gasteiger partial charge in [-0.3, -0.25) is 9.36 Å². The Morgan fingerprint density at radius 3 is 2.52 bits per heavy atom. The topological polar surface area (TPSA) is 112 Å². The van der Waals surface area contributed by atoms with Crippen molar-refractivity contribution >= 4 is 29.1 Å². The molecule has 0 amide bonds. The molecule has 0 N–H and O–H groups in total. The third kappa shape index (κ3) is 5.42. The number of nitrogens with zero attached hydrogens (tertiary/aromatic N) is 3. The average Bonchev–Trinajstić information content (AvgIpc) is 3.34. The van der Waals surface area contributed by atoms with Gasteiger partial charge < -0.3 is 18.9 Å². The van der Waals surface area contributed by atoms with Crippen LogP contribution in [-0.2, 0) is 9.53 Å². The molecule has 9 nitrogen and oxygen atoms in total. The number of esters is 1. The molecule has 0 saturated carbocycles. The van der Waals surface area contributed by atoms with Gasteiger partial charge in [0.25, 0.3) is 5.56 Å². The number of benzene rings is 3. The molecule has 0 fully saturated rings. The molecule has 0 spiro atoms. The summed E-state index contributed by atoms with van der Waals surface area (Å²) in [5.41, 5.74) is 2.15. The zero-order chi connectivity index (χ0) is 29.6. The van der Waals surface area contributed by atoms with Crippen LogP contribution in [0.5, 0.6) is 17.2 Å². The molecule has 1 aromatic heterocycles. The highest BCUT2D eigenvalue weighted by Gasteiger charge is 2.36. The van der Waals surface area contributed by atoms with Crippen LogP contribution in [0.2, 0.25) is 0 Å². The molecule has 1 aliphatic rings. The van der Waals surface area contributed by atoms with Gasteiger partial charge in [0, 0.05) is 22.8 Å². The van der Waals surface area contributed by atoms with Gasteiger partial charge in [0.15, 0.2) is 11.4 Å². The minimum absolute atomic E-state index is 0.132. The Bertz CT molecular complexity index is 1890. The first-order chi connectivity index (χ1) is 20.5. The zero-order valence-electron chi connectivity index (χ0n) is 23.2. The Morgan fingerprint density at radius 1 is 1.05 bits per heavy atom. The van der Waals surface area contributed by atoms with Gasteiger partial charge in [-0.05, 0) is 31.2 Å². The minimum atomic E-state index is -0.913. The predicted octanol–water partition coefficient (Wildman–Crippen LogP) is 3.86. The van der Waals surface area contributed by atoms with Gasteiger partial charge in [-0.2, -0.15) is 5.26 Å². The van der Waals surface area contributed by atoms with Gasteiger partial charge in [-0.15, -0.1) is 0 Å². The van der Waals surface area contributed by atoms with E-state index in [1.807, 2.05) is 42.5 Å². The van der Waals surface area contributed by atoms with E-state index in [1.54, 1.807) is 56.5 Å². The number of carbonyl (C=O) groups is 1. The number of thiazole rings is 1. The van der Waals surface area contributed by atoms with Crippen molar-refractivity contribution < 1.29 is 23.7 Å². The Morgan fingerprint density at radius 2 is 1.81 bits per heavy atom. The van der Waals surface area contributed by atoms with Gasteiger partial charge in [-0.1, -0.05) is 59.9 Å². The fourth-order valence-electron chi connectivity index (χ4n) is 4.76. The molecule has 2 heterocycles. The van der Waals surface area contributed by atoms with Crippen molar-refractivity contribution in [3.63, 3.8) is 0 Å². The Labute approximate surface area is 245 Å². The third-order valence-electron chi connectivity index (χ3n) is 6.61. The Balaban J connectivity index is 1.84. The van der Waals surface area contributed by atoms with Crippen LogP contribution in [0.4, 0.5) is 0 Å². The van der Waals surface area contributed by atoms with E-state index in [4.69, 9.17) is 29.2 Å². The smallest absolute Gasteiger partial charge is 0.338 e. The maximum Gasteiger partial charge on any atom is 0.338 e. The number of carbonyl (C=O) groups excluding carboxylic acids is 1. The Hall–Kier alpha value is -5.14. The molecule has 0 unspecified atom stereocenters. The highest BCUT2D eigenvalue weighted by Crippen LogP contribution is 2.40. The van der Waals surface area contributed by atoms with E-state index in [9.17, 15) is 9.59 Å². The van der Waals surface area contributed by atoms with Gasteiger partial charge in [-0.25, -0.2) is 9.79 Å². The lowest BCUT2D eigenvalue weighted by Gasteiger charge is -2.27. The second-order valence-electron chi connectivity index (χ2n) is 9.02. The van der Waals surface area contributed by atoms with Crippen LogP contribution in [0.1, 0.15) is 29.7 Å². The summed E-state index contributed by atoms with van der Waals surface area (Å²) in [7, 11) is 3.07. The molecule has 10 heteroatoms. The summed E-state index contributed by atoms with van der Waals surface area (Å²) in [5, 5.41) is 8.99. The summed E-state index contributed by atoms with van der Waals surface area (Å²) >= 11 is 1.19. The van der Waals surface area contributed by atoms with Crippen molar-refractivity contribution in [3.05, 3.63) is 115 Å². The highest BCUT2D eigenvalue weighted by molar-refractivity contribution is 7.07.